The second kappa shape index (κ2) is 12.6. The second-order valence-corrected chi connectivity index (χ2v) is 13.1. The molecule has 2 aliphatic rings. The van der Waals surface area contributed by atoms with Gasteiger partial charge < -0.3 is 4.74 Å². The van der Waals surface area contributed by atoms with Crippen molar-refractivity contribution in [1.82, 2.24) is 14.2 Å². The quantitative estimate of drug-likeness (QED) is 0.352. The fraction of sp³-hybridized carbons (Fsp3) is 0.500. The Bertz CT molecular complexity index is 1440. The van der Waals surface area contributed by atoms with Crippen molar-refractivity contribution in [3.8, 4) is 0 Å². The van der Waals surface area contributed by atoms with E-state index in [4.69, 9.17) is 4.74 Å². The lowest BCUT2D eigenvalue weighted by Crippen LogP contribution is -2.43. The van der Waals surface area contributed by atoms with Gasteiger partial charge in [0.2, 0.25) is 10.0 Å². The maximum atomic E-state index is 14.4. The van der Waals surface area contributed by atoms with E-state index in [2.05, 4.69) is 9.88 Å². The lowest BCUT2D eigenvalue weighted by atomic mass is 10.0. The molecule has 0 radical (unpaired) electrons. The molecule has 2 aliphatic heterocycles. The molecule has 3 aromatic rings. The van der Waals surface area contributed by atoms with Crippen molar-refractivity contribution in [2.24, 2.45) is 0 Å². The third-order valence-electron chi connectivity index (χ3n) is 7.59. The van der Waals surface area contributed by atoms with Gasteiger partial charge in [-0.15, -0.1) is 0 Å². The Balaban J connectivity index is 1.39. The summed E-state index contributed by atoms with van der Waals surface area (Å²) in [5.41, 5.74) is 0.308. The summed E-state index contributed by atoms with van der Waals surface area (Å²) in [6.07, 6.45) is 4.08. The SMILES string of the molecule is CCC1CCCCN1S(=O)(=O)c1ccc(C(=O)N(CCCN2CCOCC2)c2nc3c(F)cc(F)cc3s2)cc1. The summed E-state index contributed by atoms with van der Waals surface area (Å²) in [6, 6.07) is 7.95. The van der Waals surface area contributed by atoms with Crippen LogP contribution >= 0.6 is 11.3 Å². The normalized spacial score (nSPS) is 19.2. The standard InChI is InChI=1S/C28H34F2N4O4S2/c1-2-22-6-3-4-13-34(22)40(36,37)23-9-7-20(8-10-23)27(35)33(12-5-11-32-14-16-38-17-15-32)28-31-26-24(30)18-21(29)19-25(26)39-28/h7-10,18-19,22H,2-6,11-17H2,1H3. The zero-order chi connectivity index (χ0) is 28.3. The summed E-state index contributed by atoms with van der Waals surface area (Å²) in [7, 11) is -3.69. The fourth-order valence-electron chi connectivity index (χ4n) is 5.38. The Morgan fingerprint density at radius 3 is 2.60 bits per heavy atom. The maximum Gasteiger partial charge on any atom is 0.260 e. The monoisotopic (exact) mass is 592 g/mol. The Morgan fingerprint density at radius 2 is 1.88 bits per heavy atom. The number of fused-ring (bicyclic) bond motifs is 1. The van der Waals surface area contributed by atoms with Gasteiger partial charge in [-0.3, -0.25) is 14.6 Å². The Hall–Kier alpha value is -2.51. The highest BCUT2D eigenvalue weighted by Gasteiger charge is 2.33. The van der Waals surface area contributed by atoms with Crippen LogP contribution in [0.3, 0.4) is 0 Å². The molecule has 2 fully saturated rings. The number of sulfonamides is 1. The van der Waals surface area contributed by atoms with E-state index in [1.165, 1.54) is 35.2 Å². The summed E-state index contributed by atoms with van der Waals surface area (Å²) in [6.45, 7) is 6.49. The molecule has 0 saturated carbocycles. The molecule has 1 aromatic heterocycles. The van der Waals surface area contributed by atoms with Crippen LogP contribution in [0, 0.1) is 11.6 Å². The molecule has 8 nitrogen and oxygen atoms in total. The van der Waals surface area contributed by atoms with Gasteiger partial charge in [-0.2, -0.15) is 4.31 Å². The first-order valence-corrected chi connectivity index (χ1v) is 16.0. The van der Waals surface area contributed by atoms with Gasteiger partial charge in [0.1, 0.15) is 11.3 Å². The summed E-state index contributed by atoms with van der Waals surface area (Å²) in [4.78, 5) is 22.0. The molecule has 5 rings (SSSR count). The molecule has 216 valence electrons. The van der Waals surface area contributed by atoms with Crippen LogP contribution in [0.4, 0.5) is 13.9 Å². The van der Waals surface area contributed by atoms with Crippen LogP contribution in [-0.4, -0.2) is 80.5 Å². The molecule has 1 amide bonds. The first-order chi connectivity index (χ1) is 19.3. The minimum atomic E-state index is -3.69. The first-order valence-electron chi connectivity index (χ1n) is 13.8. The van der Waals surface area contributed by atoms with E-state index >= 15 is 0 Å². The third kappa shape index (κ3) is 6.20. The van der Waals surface area contributed by atoms with Crippen LogP contribution in [0.1, 0.15) is 49.4 Å². The fourth-order valence-corrected chi connectivity index (χ4v) is 8.18. The highest BCUT2D eigenvalue weighted by molar-refractivity contribution is 7.89. The van der Waals surface area contributed by atoms with Crippen LogP contribution in [-0.2, 0) is 14.8 Å². The van der Waals surface area contributed by atoms with Crippen LogP contribution < -0.4 is 4.90 Å². The number of thiazole rings is 1. The molecular formula is C28H34F2N4O4S2. The van der Waals surface area contributed by atoms with Crippen molar-refractivity contribution in [1.29, 1.82) is 0 Å². The van der Waals surface area contributed by atoms with Gasteiger partial charge in [-0.05, 0) is 56.0 Å². The minimum Gasteiger partial charge on any atom is -0.379 e. The number of amides is 1. The van der Waals surface area contributed by atoms with Crippen LogP contribution in [0.2, 0.25) is 0 Å². The van der Waals surface area contributed by atoms with E-state index in [1.807, 2.05) is 6.92 Å². The molecule has 0 bridgehead atoms. The summed E-state index contributed by atoms with van der Waals surface area (Å²) in [5, 5.41) is 0.266. The summed E-state index contributed by atoms with van der Waals surface area (Å²) in [5.74, 6) is -1.87. The topological polar surface area (TPSA) is 83.1 Å². The number of hydrogen-bond donors (Lipinski definition) is 0. The average molecular weight is 593 g/mol. The van der Waals surface area contributed by atoms with Crippen LogP contribution in [0.5, 0.6) is 0 Å². The van der Waals surface area contributed by atoms with Crippen molar-refractivity contribution in [2.75, 3.05) is 50.8 Å². The van der Waals surface area contributed by atoms with Gasteiger partial charge >= 0.3 is 0 Å². The van der Waals surface area contributed by atoms with Gasteiger partial charge in [0.05, 0.1) is 22.8 Å². The van der Waals surface area contributed by atoms with Crippen LogP contribution in [0.25, 0.3) is 10.2 Å². The number of nitrogens with zero attached hydrogens (tertiary/aromatic N) is 4. The van der Waals surface area contributed by atoms with E-state index in [0.717, 1.165) is 62.7 Å². The highest BCUT2D eigenvalue weighted by atomic mass is 32.2. The van der Waals surface area contributed by atoms with E-state index in [0.29, 0.717) is 43.0 Å². The molecule has 0 spiro atoms. The number of anilines is 1. The average Bonchev–Trinajstić information content (AvgIpc) is 3.39. The first kappa shape index (κ1) is 29.0. The zero-order valence-electron chi connectivity index (χ0n) is 22.5. The molecule has 12 heteroatoms. The van der Waals surface area contributed by atoms with Crippen LogP contribution in [0.15, 0.2) is 41.3 Å². The molecular weight excluding hydrogens is 558 g/mol. The molecule has 0 N–H and O–H groups in total. The smallest absolute Gasteiger partial charge is 0.260 e. The van der Waals surface area contributed by atoms with Gasteiger partial charge in [0.25, 0.3) is 5.91 Å². The number of morpholine rings is 1. The van der Waals surface area contributed by atoms with Crippen molar-refractivity contribution >= 4 is 42.6 Å². The number of rotatable bonds is 9. The molecule has 1 unspecified atom stereocenters. The van der Waals surface area contributed by atoms with Crippen molar-refractivity contribution in [3.05, 3.63) is 53.6 Å². The molecule has 2 aromatic carbocycles. The Morgan fingerprint density at radius 1 is 1.12 bits per heavy atom. The summed E-state index contributed by atoms with van der Waals surface area (Å²) >= 11 is 1.05. The molecule has 0 aliphatic carbocycles. The maximum absolute atomic E-state index is 14.4. The number of aromatic nitrogens is 1. The lowest BCUT2D eigenvalue weighted by Gasteiger charge is -2.34. The third-order valence-corrected chi connectivity index (χ3v) is 10.6. The van der Waals surface area contributed by atoms with E-state index in [1.54, 1.807) is 4.31 Å². The number of halogens is 2. The predicted octanol–water partition coefficient (Wildman–Crippen LogP) is 4.90. The van der Waals surface area contributed by atoms with Gasteiger partial charge in [0.15, 0.2) is 10.9 Å². The second-order valence-electron chi connectivity index (χ2n) is 10.2. The molecule has 2 saturated heterocycles. The van der Waals surface area contributed by atoms with Gasteiger partial charge in [0, 0.05) is 50.4 Å². The van der Waals surface area contributed by atoms with Crippen molar-refractivity contribution in [3.63, 3.8) is 0 Å². The molecule has 3 heterocycles. The lowest BCUT2D eigenvalue weighted by molar-refractivity contribution is 0.0376. The number of ether oxygens (including phenoxy) is 1. The van der Waals surface area contributed by atoms with E-state index in [9.17, 15) is 22.0 Å². The van der Waals surface area contributed by atoms with Gasteiger partial charge in [-0.1, -0.05) is 24.7 Å². The summed E-state index contributed by atoms with van der Waals surface area (Å²) < 4.78 is 62.3. The van der Waals surface area contributed by atoms with Crippen molar-refractivity contribution < 1.29 is 26.7 Å². The zero-order valence-corrected chi connectivity index (χ0v) is 24.2. The number of carbonyl (C=O) groups excluding carboxylic acids is 1. The Kier molecular flexibility index (Phi) is 9.11. The minimum absolute atomic E-state index is 0.0147. The molecule has 1 atom stereocenters. The Labute approximate surface area is 237 Å². The molecule has 40 heavy (non-hydrogen) atoms. The number of benzene rings is 2. The number of hydrogen-bond acceptors (Lipinski definition) is 7. The van der Waals surface area contributed by atoms with Gasteiger partial charge in [-0.25, -0.2) is 22.2 Å². The highest BCUT2D eigenvalue weighted by Crippen LogP contribution is 2.33. The number of carbonyl (C=O) groups is 1. The largest absolute Gasteiger partial charge is 0.379 e. The van der Waals surface area contributed by atoms with E-state index in [-0.39, 0.29) is 27.5 Å². The van der Waals surface area contributed by atoms with Crippen molar-refractivity contribution in [2.45, 2.75) is 50.0 Å². The number of piperidine rings is 1. The predicted molar refractivity (Wildman–Crippen MR) is 151 cm³/mol. The van der Waals surface area contributed by atoms with E-state index < -0.39 is 21.7 Å².